The minimum Gasteiger partial charge on any atom is -0.444 e. The van der Waals surface area contributed by atoms with E-state index in [0.717, 1.165) is 28.4 Å². The average molecular weight is 418 g/mol. The normalized spacial score (nSPS) is 10.8. The first-order valence-electron chi connectivity index (χ1n) is 7.92. The summed E-state index contributed by atoms with van der Waals surface area (Å²) in [6, 6.07) is 8.76. The molecule has 0 aliphatic heterocycles. The SMILES string of the molecule is O=C(Nc1ccc(-c2cc(-c3cnco3)ccc2Cl)s1)c1c(F)cncc1F. The van der Waals surface area contributed by atoms with Crippen LogP contribution >= 0.6 is 22.9 Å². The largest absolute Gasteiger partial charge is 0.444 e. The van der Waals surface area contributed by atoms with Gasteiger partial charge >= 0.3 is 0 Å². The fourth-order valence-electron chi connectivity index (χ4n) is 2.58. The van der Waals surface area contributed by atoms with Crippen molar-refractivity contribution >= 4 is 33.8 Å². The number of carbonyl (C=O) groups is 1. The number of thiophene rings is 1. The molecule has 1 N–H and O–H groups in total. The van der Waals surface area contributed by atoms with Crippen molar-refractivity contribution in [2.75, 3.05) is 5.32 Å². The number of carbonyl (C=O) groups excluding carboxylic acids is 1. The maximum absolute atomic E-state index is 13.7. The van der Waals surface area contributed by atoms with E-state index in [2.05, 4.69) is 15.3 Å². The van der Waals surface area contributed by atoms with E-state index in [1.54, 1.807) is 30.5 Å². The zero-order valence-corrected chi connectivity index (χ0v) is 15.5. The van der Waals surface area contributed by atoms with Gasteiger partial charge in [0.15, 0.2) is 23.8 Å². The van der Waals surface area contributed by atoms with E-state index in [1.165, 1.54) is 17.7 Å². The van der Waals surface area contributed by atoms with Gasteiger partial charge in [-0.05, 0) is 30.3 Å². The van der Waals surface area contributed by atoms with E-state index < -0.39 is 23.1 Å². The second-order valence-electron chi connectivity index (χ2n) is 5.66. The van der Waals surface area contributed by atoms with Crippen LogP contribution in [0.2, 0.25) is 5.02 Å². The Kier molecular flexibility index (Phi) is 4.89. The van der Waals surface area contributed by atoms with Gasteiger partial charge in [-0.1, -0.05) is 11.6 Å². The molecule has 4 rings (SSSR count). The Morgan fingerprint density at radius 1 is 1.07 bits per heavy atom. The first-order chi connectivity index (χ1) is 13.5. The molecule has 1 aromatic carbocycles. The van der Waals surface area contributed by atoms with E-state index in [-0.39, 0.29) is 0 Å². The molecule has 0 fully saturated rings. The Morgan fingerprint density at radius 3 is 2.57 bits per heavy atom. The number of halogens is 3. The quantitative estimate of drug-likeness (QED) is 0.466. The number of aromatic nitrogens is 2. The van der Waals surface area contributed by atoms with Gasteiger partial charge in [-0.25, -0.2) is 13.8 Å². The van der Waals surface area contributed by atoms with E-state index in [9.17, 15) is 13.6 Å². The maximum atomic E-state index is 13.7. The van der Waals surface area contributed by atoms with Crippen LogP contribution in [0.4, 0.5) is 13.8 Å². The third-order valence-electron chi connectivity index (χ3n) is 3.87. The number of pyridine rings is 1. The maximum Gasteiger partial charge on any atom is 0.262 e. The van der Waals surface area contributed by atoms with Crippen LogP contribution < -0.4 is 5.32 Å². The molecule has 0 aliphatic carbocycles. The number of rotatable bonds is 4. The molecule has 9 heteroatoms. The predicted molar refractivity (Wildman–Crippen MR) is 102 cm³/mol. The van der Waals surface area contributed by atoms with E-state index in [1.807, 2.05) is 6.07 Å². The molecule has 3 heterocycles. The third kappa shape index (κ3) is 3.51. The lowest BCUT2D eigenvalue weighted by atomic mass is 10.1. The molecule has 4 aromatic rings. The monoisotopic (exact) mass is 417 g/mol. The molecule has 28 heavy (non-hydrogen) atoms. The van der Waals surface area contributed by atoms with Crippen LogP contribution in [0.25, 0.3) is 21.8 Å². The van der Waals surface area contributed by atoms with Crippen molar-refractivity contribution < 1.29 is 18.0 Å². The molecular formula is C19H10ClF2N3O2S. The minimum absolute atomic E-state index is 0.414. The molecule has 5 nitrogen and oxygen atoms in total. The lowest BCUT2D eigenvalue weighted by Gasteiger charge is -2.05. The van der Waals surface area contributed by atoms with Crippen LogP contribution in [-0.4, -0.2) is 15.9 Å². The Labute approximate surface area is 166 Å². The Hall–Kier alpha value is -3.10. The van der Waals surface area contributed by atoms with Crippen molar-refractivity contribution in [3.05, 3.63) is 77.5 Å². The van der Waals surface area contributed by atoms with Crippen molar-refractivity contribution in [3.63, 3.8) is 0 Å². The van der Waals surface area contributed by atoms with Gasteiger partial charge in [-0.15, -0.1) is 11.3 Å². The predicted octanol–water partition coefficient (Wildman–Crippen LogP) is 5.65. The fraction of sp³-hybridized carbons (Fsp3) is 0. The van der Waals surface area contributed by atoms with Crippen LogP contribution in [0, 0.1) is 11.6 Å². The Bertz CT molecular complexity index is 1140. The summed E-state index contributed by atoms with van der Waals surface area (Å²) in [4.78, 5) is 20.2. The van der Waals surface area contributed by atoms with Crippen molar-refractivity contribution in [2.24, 2.45) is 0 Å². The molecule has 1 amide bonds. The molecule has 0 saturated heterocycles. The van der Waals surface area contributed by atoms with Crippen LogP contribution in [0.5, 0.6) is 0 Å². The van der Waals surface area contributed by atoms with Crippen molar-refractivity contribution in [1.82, 2.24) is 9.97 Å². The molecule has 3 aromatic heterocycles. The number of amides is 1. The van der Waals surface area contributed by atoms with Crippen LogP contribution in [-0.2, 0) is 0 Å². The molecule has 0 radical (unpaired) electrons. The second kappa shape index (κ2) is 7.49. The first kappa shape index (κ1) is 18.3. The number of hydrogen-bond acceptors (Lipinski definition) is 5. The minimum atomic E-state index is -1.03. The van der Waals surface area contributed by atoms with Crippen molar-refractivity contribution in [1.29, 1.82) is 0 Å². The Balaban J connectivity index is 1.62. The van der Waals surface area contributed by atoms with Gasteiger partial charge in [0.2, 0.25) is 0 Å². The topological polar surface area (TPSA) is 68.0 Å². The Morgan fingerprint density at radius 2 is 1.86 bits per heavy atom. The highest BCUT2D eigenvalue weighted by Gasteiger charge is 2.19. The summed E-state index contributed by atoms with van der Waals surface area (Å²) in [5.74, 6) is -2.37. The van der Waals surface area contributed by atoms with Crippen LogP contribution in [0.1, 0.15) is 10.4 Å². The summed E-state index contributed by atoms with van der Waals surface area (Å²) in [5, 5.41) is 3.41. The zero-order chi connectivity index (χ0) is 19.7. The molecule has 0 saturated carbocycles. The van der Waals surface area contributed by atoms with Crippen molar-refractivity contribution in [2.45, 2.75) is 0 Å². The number of benzene rings is 1. The third-order valence-corrected chi connectivity index (χ3v) is 5.24. The number of nitrogens with one attached hydrogen (secondary N) is 1. The van der Waals surface area contributed by atoms with E-state index in [0.29, 0.717) is 15.8 Å². The van der Waals surface area contributed by atoms with Crippen LogP contribution in [0.15, 0.2) is 59.7 Å². The van der Waals surface area contributed by atoms with E-state index in [4.69, 9.17) is 16.0 Å². The number of nitrogens with zero attached hydrogens (tertiary/aromatic N) is 2. The highest BCUT2D eigenvalue weighted by Crippen LogP contribution is 2.38. The van der Waals surface area contributed by atoms with Gasteiger partial charge in [0.25, 0.3) is 5.91 Å². The lowest BCUT2D eigenvalue weighted by Crippen LogP contribution is -2.15. The second-order valence-corrected chi connectivity index (χ2v) is 7.15. The lowest BCUT2D eigenvalue weighted by molar-refractivity contribution is 0.101. The summed E-state index contributed by atoms with van der Waals surface area (Å²) in [6.07, 6.45) is 4.49. The molecule has 0 unspecified atom stereocenters. The van der Waals surface area contributed by atoms with Gasteiger partial charge in [-0.2, -0.15) is 0 Å². The molecule has 140 valence electrons. The molecule has 0 spiro atoms. The standard InChI is InChI=1S/C19H10ClF2N3O2S/c20-12-2-1-10(15-8-24-9-27-15)5-11(12)16-3-4-17(28-16)25-19(26)18-13(21)6-23-7-14(18)22/h1-9H,(H,25,26). The van der Waals surface area contributed by atoms with E-state index >= 15 is 0 Å². The number of hydrogen-bond donors (Lipinski definition) is 1. The summed E-state index contributed by atoms with van der Waals surface area (Å²) in [6.45, 7) is 0. The van der Waals surface area contributed by atoms with Gasteiger partial charge in [0.05, 0.1) is 23.6 Å². The van der Waals surface area contributed by atoms with Gasteiger partial charge in [-0.3, -0.25) is 9.78 Å². The summed E-state index contributed by atoms with van der Waals surface area (Å²) in [7, 11) is 0. The smallest absolute Gasteiger partial charge is 0.262 e. The van der Waals surface area contributed by atoms with Crippen LogP contribution in [0.3, 0.4) is 0 Å². The van der Waals surface area contributed by atoms with Gasteiger partial charge < -0.3 is 9.73 Å². The molecular weight excluding hydrogens is 408 g/mol. The number of anilines is 1. The summed E-state index contributed by atoms with van der Waals surface area (Å²) >= 11 is 7.53. The fourth-order valence-corrected chi connectivity index (χ4v) is 3.79. The summed E-state index contributed by atoms with van der Waals surface area (Å²) in [5.41, 5.74) is 0.828. The first-order valence-corrected chi connectivity index (χ1v) is 9.11. The molecule has 0 atom stereocenters. The molecule has 0 aliphatic rings. The summed E-state index contributed by atoms with van der Waals surface area (Å²) < 4.78 is 32.7. The number of oxazole rings is 1. The highest BCUT2D eigenvalue weighted by atomic mass is 35.5. The van der Waals surface area contributed by atoms with Gasteiger partial charge in [0, 0.05) is 21.0 Å². The highest BCUT2D eigenvalue weighted by molar-refractivity contribution is 7.19. The zero-order valence-electron chi connectivity index (χ0n) is 13.9. The molecule has 0 bridgehead atoms. The van der Waals surface area contributed by atoms with Gasteiger partial charge in [0.1, 0.15) is 5.56 Å². The van der Waals surface area contributed by atoms with Crippen molar-refractivity contribution in [3.8, 4) is 21.8 Å². The average Bonchev–Trinajstić information content (AvgIpc) is 3.34.